The van der Waals surface area contributed by atoms with Gasteiger partial charge in [-0.2, -0.15) is 0 Å². The molecule has 0 radical (unpaired) electrons. The highest BCUT2D eigenvalue weighted by atomic mass is 16.5. The fourth-order valence-electron chi connectivity index (χ4n) is 3.17. The number of ether oxygens (including phenoxy) is 1. The fraction of sp³-hybridized carbons (Fsp3) is 0.933. The smallest absolute Gasteiger partial charge is 0.239 e. The Kier molecular flexibility index (Phi) is 5.64. The number of carbonyl (C=O) groups is 1. The van der Waals surface area contributed by atoms with Gasteiger partial charge in [-0.1, -0.05) is 13.3 Å². The molecule has 2 heterocycles. The van der Waals surface area contributed by atoms with Crippen LogP contribution in [0.1, 0.15) is 45.4 Å². The van der Waals surface area contributed by atoms with Gasteiger partial charge < -0.3 is 15.0 Å². The number of rotatable bonds is 4. The predicted octanol–water partition coefficient (Wildman–Crippen LogP) is 1.79. The fourth-order valence-corrected chi connectivity index (χ4v) is 3.17. The molecule has 2 aliphatic heterocycles. The number of hydrogen-bond donors (Lipinski definition) is 1. The first-order valence-corrected chi connectivity index (χ1v) is 7.80. The number of amides is 1. The van der Waals surface area contributed by atoms with Crippen molar-refractivity contribution in [3.63, 3.8) is 0 Å². The summed E-state index contributed by atoms with van der Waals surface area (Å²) in [4.78, 5) is 14.3. The van der Waals surface area contributed by atoms with Gasteiger partial charge in [0.1, 0.15) is 0 Å². The summed E-state index contributed by atoms with van der Waals surface area (Å²) in [7, 11) is 1.91. The van der Waals surface area contributed by atoms with E-state index in [1.54, 1.807) is 0 Å². The lowest BCUT2D eigenvalue weighted by Crippen LogP contribution is -2.50. The zero-order chi connectivity index (χ0) is 13.7. The van der Waals surface area contributed by atoms with Crippen molar-refractivity contribution in [2.75, 3.05) is 26.7 Å². The molecule has 4 heteroatoms. The molecule has 0 aromatic rings. The van der Waals surface area contributed by atoms with Gasteiger partial charge in [-0.25, -0.2) is 0 Å². The molecule has 0 aromatic carbocycles. The summed E-state index contributed by atoms with van der Waals surface area (Å²) in [5, 5.41) is 3.37. The van der Waals surface area contributed by atoms with Crippen LogP contribution in [0.5, 0.6) is 0 Å². The normalized spacial score (nSPS) is 32.0. The first kappa shape index (κ1) is 14.8. The van der Waals surface area contributed by atoms with E-state index >= 15 is 0 Å². The van der Waals surface area contributed by atoms with Crippen LogP contribution in [0, 0.1) is 5.92 Å². The molecule has 1 N–H and O–H groups in total. The molecule has 19 heavy (non-hydrogen) atoms. The molecule has 3 atom stereocenters. The number of piperidine rings is 1. The number of nitrogens with one attached hydrogen (secondary N) is 1. The minimum atomic E-state index is 0.0206. The van der Waals surface area contributed by atoms with E-state index in [2.05, 4.69) is 12.2 Å². The molecule has 2 fully saturated rings. The van der Waals surface area contributed by atoms with Crippen LogP contribution in [0.15, 0.2) is 0 Å². The van der Waals surface area contributed by atoms with Crippen LogP contribution in [0.3, 0.4) is 0 Å². The van der Waals surface area contributed by atoms with Gasteiger partial charge in [-0.15, -0.1) is 0 Å². The lowest BCUT2D eigenvalue weighted by molar-refractivity contribution is -0.135. The van der Waals surface area contributed by atoms with Crippen molar-refractivity contribution in [1.29, 1.82) is 0 Å². The van der Waals surface area contributed by atoms with E-state index < -0.39 is 0 Å². The van der Waals surface area contributed by atoms with E-state index in [1.165, 1.54) is 19.3 Å². The molecule has 2 saturated heterocycles. The summed E-state index contributed by atoms with van der Waals surface area (Å²) >= 11 is 0. The molecular weight excluding hydrogens is 240 g/mol. The maximum atomic E-state index is 12.4. The molecule has 0 spiro atoms. The zero-order valence-electron chi connectivity index (χ0n) is 12.4. The van der Waals surface area contributed by atoms with Crippen molar-refractivity contribution >= 4 is 5.91 Å². The van der Waals surface area contributed by atoms with E-state index in [0.29, 0.717) is 5.92 Å². The number of likely N-dealkylation sites (N-methyl/N-ethyl adjacent to an activating group) is 1. The van der Waals surface area contributed by atoms with Crippen LogP contribution in [-0.4, -0.2) is 49.7 Å². The van der Waals surface area contributed by atoms with Crippen molar-refractivity contribution in [2.24, 2.45) is 5.92 Å². The molecular formula is C15H28N2O2. The number of carbonyl (C=O) groups excluding carboxylic acids is 1. The molecule has 0 aromatic heterocycles. The SMILES string of the molecule is CCC1CCNC(C(=O)N(C)CC2CCCCO2)C1. The van der Waals surface area contributed by atoms with Crippen LogP contribution >= 0.6 is 0 Å². The van der Waals surface area contributed by atoms with E-state index in [1.807, 2.05) is 11.9 Å². The second-order valence-electron chi connectivity index (χ2n) is 6.01. The topological polar surface area (TPSA) is 41.6 Å². The maximum Gasteiger partial charge on any atom is 0.239 e. The third-order valence-corrected chi connectivity index (χ3v) is 4.52. The molecule has 2 aliphatic rings. The summed E-state index contributed by atoms with van der Waals surface area (Å²) in [5.41, 5.74) is 0. The predicted molar refractivity (Wildman–Crippen MR) is 76.0 cm³/mol. The quantitative estimate of drug-likeness (QED) is 0.845. The first-order valence-electron chi connectivity index (χ1n) is 7.80. The summed E-state index contributed by atoms with van der Waals surface area (Å²) in [6.07, 6.45) is 7.10. The molecule has 2 rings (SSSR count). The lowest BCUT2D eigenvalue weighted by Gasteiger charge is -2.33. The van der Waals surface area contributed by atoms with Gasteiger partial charge in [0.05, 0.1) is 12.1 Å². The Morgan fingerprint density at radius 3 is 2.89 bits per heavy atom. The van der Waals surface area contributed by atoms with Crippen LogP contribution < -0.4 is 5.32 Å². The maximum absolute atomic E-state index is 12.4. The van der Waals surface area contributed by atoms with Crippen molar-refractivity contribution < 1.29 is 9.53 Å². The Bertz CT molecular complexity index is 290. The lowest BCUT2D eigenvalue weighted by atomic mass is 9.90. The van der Waals surface area contributed by atoms with Crippen molar-refractivity contribution in [2.45, 2.75) is 57.6 Å². The van der Waals surface area contributed by atoms with E-state index in [0.717, 1.165) is 39.0 Å². The molecule has 0 bridgehead atoms. The third kappa shape index (κ3) is 4.18. The number of nitrogens with zero attached hydrogens (tertiary/aromatic N) is 1. The Morgan fingerprint density at radius 2 is 2.21 bits per heavy atom. The van der Waals surface area contributed by atoms with Gasteiger partial charge in [-0.05, 0) is 44.6 Å². The van der Waals surface area contributed by atoms with Crippen molar-refractivity contribution in [3.05, 3.63) is 0 Å². The monoisotopic (exact) mass is 268 g/mol. The first-order chi connectivity index (χ1) is 9.20. The van der Waals surface area contributed by atoms with Crippen molar-refractivity contribution in [1.82, 2.24) is 10.2 Å². The van der Waals surface area contributed by atoms with Gasteiger partial charge in [0.2, 0.25) is 5.91 Å². The minimum Gasteiger partial charge on any atom is -0.376 e. The third-order valence-electron chi connectivity index (χ3n) is 4.52. The average Bonchev–Trinajstić information content (AvgIpc) is 2.47. The number of hydrogen-bond acceptors (Lipinski definition) is 3. The molecule has 4 nitrogen and oxygen atoms in total. The highest BCUT2D eigenvalue weighted by molar-refractivity contribution is 5.81. The highest BCUT2D eigenvalue weighted by Gasteiger charge is 2.29. The summed E-state index contributed by atoms with van der Waals surface area (Å²) in [5.74, 6) is 0.946. The van der Waals surface area contributed by atoms with Crippen LogP contribution in [-0.2, 0) is 9.53 Å². The van der Waals surface area contributed by atoms with Crippen LogP contribution in [0.25, 0.3) is 0 Å². The Hall–Kier alpha value is -0.610. The average molecular weight is 268 g/mol. The molecule has 3 unspecified atom stereocenters. The molecule has 110 valence electrons. The van der Waals surface area contributed by atoms with Crippen molar-refractivity contribution in [3.8, 4) is 0 Å². The summed E-state index contributed by atoms with van der Waals surface area (Å²) in [6, 6.07) is 0.0206. The second kappa shape index (κ2) is 7.25. The molecule has 0 aliphatic carbocycles. The Morgan fingerprint density at radius 1 is 1.37 bits per heavy atom. The van der Waals surface area contributed by atoms with E-state index in [4.69, 9.17) is 4.74 Å². The van der Waals surface area contributed by atoms with Gasteiger partial charge in [0, 0.05) is 20.2 Å². The second-order valence-corrected chi connectivity index (χ2v) is 6.01. The summed E-state index contributed by atoms with van der Waals surface area (Å²) < 4.78 is 5.71. The van der Waals surface area contributed by atoms with Gasteiger partial charge in [0.15, 0.2) is 0 Å². The van der Waals surface area contributed by atoms with E-state index in [9.17, 15) is 4.79 Å². The Balaban J connectivity index is 1.80. The van der Waals surface area contributed by atoms with Crippen LogP contribution in [0.4, 0.5) is 0 Å². The van der Waals surface area contributed by atoms with Gasteiger partial charge in [-0.3, -0.25) is 4.79 Å². The zero-order valence-corrected chi connectivity index (χ0v) is 12.4. The van der Waals surface area contributed by atoms with Crippen LogP contribution in [0.2, 0.25) is 0 Å². The molecule has 0 saturated carbocycles. The standard InChI is InChI=1S/C15H28N2O2/c1-3-12-7-8-16-14(10-12)15(18)17(2)11-13-6-4-5-9-19-13/h12-14,16H,3-11H2,1-2H3. The summed E-state index contributed by atoms with van der Waals surface area (Å²) in [6.45, 7) is 4.79. The molecule has 1 amide bonds. The van der Waals surface area contributed by atoms with E-state index in [-0.39, 0.29) is 18.1 Å². The highest BCUT2D eigenvalue weighted by Crippen LogP contribution is 2.21. The Labute approximate surface area is 116 Å². The largest absolute Gasteiger partial charge is 0.376 e. The minimum absolute atomic E-state index is 0.0206. The van der Waals surface area contributed by atoms with Gasteiger partial charge >= 0.3 is 0 Å². The van der Waals surface area contributed by atoms with Gasteiger partial charge in [0.25, 0.3) is 0 Å².